The maximum Gasteiger partial charge on any atom is 0.283 e. The van der Waals surface area contributed by atoms with Crippen LogP contribution in [-0.2, 0) is 16.1 Å². The first-order valence-corrected chi connectivity index (χ1v) is 7.32. The molecule has 110 valence electrons. The number of carbonyl (C=O) groups is 2. The number of benzene rings is 1. The van der Waals surface area contributed by atoms with Crippen molar-refractivity contribution >= 4 is 33.4 Å². The summed E-state index contributed by atoms with van der Waals surface area (Å²) in [6.45, 7) is 3.93. The first-order chi connectivity index (χ1) is 9.75. The number of hydrogen-bond donors (Lipinski definition) is 0. The molecule has 2 aliphatic rings. The van der Waals surface area contributed by atoms with E-state index < -0.39 is 4.92 Å². The van der Waals surface area contributed by atoms with Gasteiger partial charge < -0.3 is 0 Å². The van der Waals surface area contributed by atoms with Gasteiger partial charge in [0.05, 0.1) is 27.8 Å². The summed E-state index contributed by atoms with van der Waals surface area (Å²) in [4.78, 5) is 36.1. The molecule has 2 atom stereocenters. The normalized spacial score (nSPS) is 26.0. The Bertz CT molecular complexity index is 662. The summed E-state index contributed by atoms with van der Waals surface area (Å²) in [6.07, 6.45) is 0. The topological polar surface area (TPSA) is 80.5 Å². The van der Waals surface area contributed by atoms with Gasteiger partial charge >= 0.3 is 0 Å². The monoisotopic (exact) mass is 352 g/mol. The molecule has 1 aromatic rings. The van der Waals surface area contributed by atoms with E-state index in [1.807, 2.05) is 13.8 Å². The molecule has 0 spiro atoms. The Kier molecular flexibility index (Phi) is 2.95. The SMILES string of the molecule is CC1(C)C2C(=O)N(Cc3ccc(Br)c([N+](=O)[O-])c3)C(=O)C21. The van der Waals surface area contributed by atoms with Crippen LogP contribution in [0.25, 0.3) is 0 Å². The van der Waals surface area contributed by atoms with E-state index in [2.05, 4.69) is 15.9 Å². The van der Waals surface area contributed by atoms with Crippen molar-refractivity contribution in [3.05, 3.63) is 38.3 Å². The zero-order valence-electron chi connectivity index (χ0n) is 11.5. The van der Waals surface area contributed by atoms with Crippen LogP contribution >= 0.6 is 15.9 Å². The number of nitro groups is 1. The van der Waals surface area contributed by atoms with E-state index in [1.54, 1.807) is 12.1 Å². The summed E-state index contributed by atoms with van der Waals surface area (Å²) in [5.41, 5.74) is 0.263. The van der Waals surface area contributed by atoms with Gasteiger partial charge in [0.2, 0.25) is 11.8 Å². The molecule has 1 aliphatic carbocycles. The van der Waals surface area contributed by atoms with Crippen LogP contribution < -0.4 is 0 Å². The number of halogens is 1. The van der Waals surface area contributed by atoms with Crippen LogP contribution in [0.2, 0.25) is 0 Å². The molecular weight excluding hydrogens is 340 g/mol. The molecule has 1 heterocycles. The number of carbonyl (C=O) groups excluding carboxylic acids is 2. The summed E-state index contributed by atoms with van der Waals surface area (Å²) >= 11 is 3.11. The number of nitro benzene ring substituents is 1. The van der Waals surface area contributed by atoms with E-state index >= 15 is 0 Å². The van der Waals surface area contributed by atoms with Crippen LogP contribution in [0.4, 0.5) is 5.69 Å². The highest BCUT2D eigenvalue weighted by Crippen LogP contribution is 2.63. The average molecular weight is 353 g/mol. The first-order valence-electron chi connectivity index (χ1n) is 6.53. The Labute approximate surface area is 129 Å². The minimum atomic E-state index is -0.498. The molecular formula is C14H13BrN2O4. The van der Waals surface area contributed by atoms with Crippen molar-refractivity contribution in [1.29, 1.82) is 0 Å². The summed E-state index contributed by atoms with van der Waals surface area (Å²) in [7, 11) is 0. The van der Waals surface area contributed by atoms with Gasteiger partial charge in [-0.1, -0.05) is 19.9 Å². The summed E-state index contributed by atoms with van der Waals surface area (Å²) in [6, 6.07) is 4.62. The molecule has 2 unspecified atom stereocenters. The second kappa shape index (κ2) is 4.37. The molecule has 1 saturated heterocycles. The number of fused-ring (bicyclic) bond motifs is 1. The van der Waals surface area contributed by atoms with Crippen molar-refractivity contribution in [2.45, 2.75) is 20.4 Å². The van der Waals surface area contributed by atoms with Gasteiger partial charge in [0.25, 0.3) is 5.69 Å². The van der Waals surface area contributed by atoms with Gasteiger partial charge in [-0.25, -0.2) is 0 Å². The molecule has 0 bridgehead atoms. The van der Waals surface area contributed by atoms with E-state index in [1.165, 1.54) is 11.0 Å². The van der Waals surface area contributed by atoms with E-state index in [0.717, 1.165) is 0 Å². The molecule has 2 amide bonds. The fourth-order valence-electron chi connectivity index (χ4n) is 3.14. The highest BCUT2D eigenvalue weighted by molar-refractivity contribution is 9.10. The molecule has 7 heteroatoms. The molecule has 3 rings (SSSR count). The van der Waals surface area contributed by atoms with Crippen molar-refractivity contribution in [2.24, 2.45) is 17.3 Å². The summed E-state index contributed by atoms with van der Waals surface area (Å²) in [5.74, 6) is -0.785. The first kappa shape index (κ1) is 14.2. The third-order valence-electron chi connectivity index (χ3n) is 4.44. The van der Waals surface area contributed by atoms with Gasteiger partial charge in [-0.05, 0) is 33.0 Å². The van der Waals surface area contributed by atoms with Gasteiger partial charge in [-0.2, -0.15) is 0 Å². The second-order valence-electron chi connectivity index (χ2n) is 6.08. The summed E-state index contributed by atoms with van der Waals surface area (Å²) in [5, 5.41) is 10.9. The van der Waals surface area contributed by atoms with Gasteiger partial charge in [-0.3, -0.25) is 24.6 Å². The minimum absolute atomic E-state index is 0.0721. The maximum absolute atomic E-state index is 12.2. The number of imide groups is 1. The predicted octanol–water partition coefficient (Wildman–Crippen LogP) is 2.50. The molecule has 21 heavy (non-hydrogen) atoms. The molecule has 0 aromatic heterocycles. The van der Waals surface area contributed by atoms with Crippen LogP contribution in [0.15, 0.2) is 22.7 Å². The van der Waals surface area contributed by atoms with Crippen molar-refractivity contribution in [1.82, 2.24) is 4.90 Å². The third kappa shape index (κ3) is 1.98. The molecule has 1 aliphatic heterocycles. The van der Waals surface area contributed by atoms with Crippen molar-refractivity contribution in [3.8, 4) is 0 Å². The lowest BCUT2D eigenvalue weighted by Gasteiger charge is -2.20. The Hall–Kier alpha value is -1.76. The van der Waals surface area contributed by atoms with Gasteiger partial charge in [0.15, 0.2) is 0 Å². The molecule has 6 nitrogen and oxygen atoms in total. The molecule has 2 fully saturated rings. The van der Waals surface area contributed by atoms with Gasteiger partial charge in [-0.15, -0.1) is 0 Å². The van der Waals surface area contributed by atoms with Crippen LogP contribution in [0, 0.1) is 27.4 Å². The Morgan fingerprint density at radius 3 is 2.38 bits per heavy atom. The average Bonchev–Trinajstić information content (AvgIpc) is 2.87. The van der Waals surface area contributed by atoms with E-state index in [4.69, 9.17) is 0 Å². The van der Waals surface area contributed by atoms with Crippen LogP contribution in [0.3, 0.4) is 0 Å². The highest BCUT2D eigenvalue weighted by Gasteiger charge is 2.72. The maximum atomic E-state index is 12.2. The van der Waals surface area contributed by atoms with Crippen LogP contribution in [-0.4, -0.2) is 21.6 Å². The minimum Gasteiger partial charge on any atom is -0.278 e. The third-order valence-corrected chi connectivity index (χ3v) is 5.11. The van der Waals surface area contributed by atoms with E-state index in [9.17, 15) is 19.7 Å². The smallest absolute Gasteiger partial charge is 0.278 e. The fraction of sp³-hybridized carbons (Fsp3) is 0.429. The number of nitrogens with zero attached hydrogens (tertiary/aromatic N) is 2. The highest BCUT2D eigenvalue weighted by atomic mass is 79.9. The van der Waals surface area contributed by atoms with Crippen molar-refractivity contribution in [3.63, 3.8) is 0 Å². The van der Waals surface area contributed by atoms with Crippen molar-refractivity contribution in [2.75, 3.05) is 0 Å². The number of likely N-dealkylation sites (tertiary alicyclic amines) is 1. The predicted molar refractivity (Wildman–Crippen MR) is 77.1 cm³/mol. The number of rotatable bonds is 3. The van der Waals surface area contributed by atoms with E-state index in [-0.39, 0.29) is 41.3 Å². The van der Waals surface area contributed by atoms with Crippen LogP contribution in [0.5, 0.6) is 0 Å². The van der Waals surface area contributed by atoms with Crippen molar-refractivity contribution < 1.29 is 14.5 Å². The molecule has 1 aromatic carbocycles. The lowest BCUT2D eigenvalue weighted by molar-refractivity contribution is -0.385. The fourth-order valence-corrected chi connectivity index (χ4v) is 3.53. The van der Waals surface area contributed by atoms with Gasteiger partial charge in [0.1, 0.15) is 0 Å². The zero-order chi connectivity index (χ0) is 15.5. The standard InChI is InChI=1S/C14H13BrN2O4/c1-14(2)10-11(14)13(19)16(12(10)18)6-7-3-4-8(15)9(5-7)17(20)21/h3-5,10-11H,6H2,1-2H3. The number of amides is 2. The number of piperidine rings is 1. The quantitative estimate of drug-likeness (QED) is 0.475. The lowest BCUT2D eigenvalue weighted by atomic mass is 10.1. The molecule has 0 radical (unpaired) electrons. The van der Waals surface area contributed by atoms with Crippen LogP contribution in [0.1, 0.15) is 19.4 Å². The Morgan fingerprint density at radius 1 is 1.29 bits per heavy atom. The number of hydrogen-bond acceptors (Lipinski definition) is 4. The second-order valence-corrected chi connectivity index (χ2v) is 6.94. The summed E-state index contributed by atoms with van der Waals surface area (Å²) < 4.78 is 0.374. The Morgan fingerprint density at radius 2 is 1.86 bits per heavy atom. The molecule has 1 saturated carbocycles. The zero-order valence-corrected chi connectivity index (χ0v) is 13.1. The largest absolute Gasteiger partial charge is 0.283 e. The molecule has 0 N–H and O–H groups in total. The Balaban J connectivity index is 1.83. The van der Waals surface area contributed by atoms with Gasteiger partial charge in [0, 0.05) is 6.07 Å². The van der Waals surface area contributed by atoms with E-state index in [0.29, 0.717) is 10.0 Å². The lowest BCUT2D eigenvalue weighted by Crippen LogP contribution is -2.35.